The highest BCUT2D eigenvalue weighted by molar-refractivity contribution is 5.78. The first-order chi connectivity index (χ1) is 16.6. The summed E-state index contributed by atoms with van der Waals surface area (Å²) in [5, 5.41) is 14.2. The Hall–Kier alpha value is -3.20. The van der Waals surface area contributed by atoms with Gasteiger partial charge in [0.1, 0.15) is 6.61 Å². The zero-order chi connectivity index (χ0) is 27.6. The number of rotatable bonds is 4. The van der Waals surface area contributed by atoms with Crippen LogP contribution in [0.4, 0.5) is 26.3 Å². The molecule has 3 heterocycles. The van der Waals surface area contributed by atoms with E-state index < -0.39 is 24.3 Å². The van der Waals surface area contributed by atoms with Crippen molar-refractivity contribution in [3.8, 4) is 0 Å². The Balaban J connectivity index is 0.000000383. The molecule has 1 spiro atoms. The Morgan fingerprint density at radius 2 is 1.64 bits per heavy atom. The molecule has 15 heteroatoms. The number of carboxylic acid groups (broad SMARTS) is 2. The van der Waals surface area contributed by atoms with Crippen molar-refractivity contribution in [2.45, 2.75) is 37.3 Å². The lowest BCUT2D eigenvalue weighted by atomic mass is 9.89. The number of pyridine rings is 1. The van der Waals surface area contributed by atoms with Crippen LogP contribution in [0.25, 0.3) is 0 Å². The number of hydrogen-bond acceptors (Lipinski definition) is 6. The molecule has 2 fully saturated rings. The third-order valence-corrected chi connectivity index (χ3v) is 5.06. The number of likely N-dealkylation sites (tertiary alicyclic amines) is 1. The van der Waals surface area contributed by atoms with E-state index in [1.807, 2.05) is 17.2 Å². The van der Waals surface area contributed by atoms with Gasteiger partial charge < -0.3 is 19.8 Å². The lowest BCUT2D eigenvalue weighted by Crippen LogP contribution is -2.58. The van der Waals surface area contributed by atoms with Gasteiger partial charge in [0.05, 0.1) is 12.1 Å². The second-order valence-corrected chi connectivity index (χ2v) is 7.78. The summed E-state index contributed by atoms with van der Waals surface area (Å²) in [5.41, 5.74) is 1.08. The second-order valence-electron chi connectivity index (χ2n) is 7.78. The first-order valence-electron chi connectivity index (χ1n) is 10.3. The number of piperidine rings is 1. The van der Waals surface area contributed by atoms with Crippen molar-refractivity contribution in [1.82, 2.24) is 14.8 Å². The van der Waals surface area contributed by atoms with Crippen LogP contribution >= 0.6 is 0 Å². The third kappa shape index (κ3) is 10.6. The molecule has 0 aliphatic carbocycles. The average molecular weight is 529 g/mol. The number of halogens is 6. The fourth-order valence-corrected chi connectivity index (χ4v) is 3.28. The monoisotopic (exact) mass is 529 g/mol. The van der Waals surface area contributed by atoms with Crippen LogP contribution < -0.4 is 0 Å². The number of carbonyl (C=O) groups is 3. The van der Waals surface area contributed by atoms with Gasteiger partial charge in [0.25, 0.3) is 0 Å². The summed E-state index contributed by atoms with van der Waals surface area (Å²) in [6.07, 6.45) is -2.72. The molecule has 202 valence electrons. The largest absolute Gasteiger partial charge is 0.490 e. The summed E-state index contributed by atoms with van der Waals surface area (Å²) in [5.74, 6) is -5.44. The molecule has 2 N–H and O–H groups in total. The van der Waals surface area contributed by atoms with Crippen molar-refractivity contribution in [2.24, 2.45) is 0 Å². The number of carboxylic acids is 2. The number of hydrogen-bond donors (Lipinski definition) is 2. The zero-order valence-corrected chi connectivity index (χ0v) is 18.9. The quantitative estimate of drug-likeness (QED) is 0.452. The number of alkyl halides is 6. The molecule has 2 aliphatic rings. The van der Waals surface area contributed by atoms with Crippen molar-refractivity contribution in [3.05, 3.63) is 42.7 Å². The van der Waals surface area contributed by atoms with Gasteiger partial charge in [-0.25, -0.2) is 9.59 Å². The summed E-state index contributed by atoms with van der Waals surface area (Å²) in [6.45, 7) is 8.16. The van der Waals surface area contributed by atoms with Gasteiger partial charge in [0.15, 0.2) is 0 Å². The van der Waals surface area contributed by atoms with E-state index in [1.165, 1.54) is 5.56 Å². The summed E-state index contributed by atoms with van der Waals surface area (Å²) in [7, 11) is 0. The predicted molar refractivity (Wildman–Crippen MR) is 112 cm³/mol. The SMILES string of the molecule is C=CCN1CC2(CCN(Cc3cccnc3)CC2)OCC1=O.O=C(O)C(F)(F)F.O=C(O)C(F)(F)F. The molecule has 0 bridgehead atoms. The van der Waals surface area contributed by atoms with Crippen molar-refractivity contribution in [3.63, 3.8) is 0 Å². The van der Waals surface area contributed by atoms with Gasteiger partial charge in [-0.1, -0.05) is 12.1 Å². The Morgan fingerprint density at radius 3 is 2.06 bits per heavy atom. The molecule has 3 rings (SSSR count). The van der Waals surface area contributed by atoms with Gasteiger partial charge in [0.2, 0.25) is 5.91 Å². The molecule has 1 aromatic rings. The minimum Gasteiger partial charge on any atom is -0.475 e. The highest BCUT2D eigenvalue weighted by Gasteiger charge is 2.42. The molecule has 2 saturated heterocycles. The van der Waals surface area contributed by atoms with E-state index in [2.05, 4.69) is 22.5 Å². The van der Waals surface area contributed by atoms with E-state index in [0.717, 1.165) is 32.5 Å². The molecule has 0 atom stereocenters. The van der Waals surface area contributed by atoms with Crippen molar-refractivity contribution >= 4 is 17.8 Å². The maximum atomic E-state index is 11.9. The first-order valence-corrected chi connectivity index (χ1v) is 10.3. The molecule has 36 heavy (non-hydrogen) atoms. The van der Waals surface area contributed by atoms with Crippen LogP contribution in [0.3, 0.4) is 0 Å². The van der Waals surface area contributed by atoms with Gasteiger partial charge in [-0.3, -0.25) is 14.7 Å². The van der Waals surface area contributed by atoms with Crippen molar-refractivity contribution < 1.29 is 55.7 Å². The molecule has 1 aromatic heterocycles. The van der Waals surface area contributed by atoms with Gasteiger partial charge in [-0.2, -0.15) is 26.3 Å². The Morgan fingerprint density at radius 1 is 1.11 bits per heavy atom. The maximum Gasteiger partial charge on any atom is 0.490 e. The van der Waals surface area contributed by atoms with Crippen LogP contribution in [0.1, 0.15) is 18.4 Å². The number of morpholine rings is 1. The van der Waals surface area contributed by atoms with Gasteiger partial charge in [-0.05, 0) is 24.5 Å². The van der Waals surface area contributed by atoms with E-state index in [1.54, 1.807) is 12.3 Å². The van der Waals surface area contributed by atoms with Crippen LogP contribution in [0.15, 0.2) is 37.2 Å². The minimum atomic E-state index is -5.08. The third-order valence-electron chi connectivity index (χ3n) is 5.06. The number of nitrogens with zero attached hydrogens (tertiary/aromatic N) is 3. The maximum absolute atomic E-state index is 11.9. The zero-order valence-electron chi connectivity index (χ0n) is 18.9. The van der Waals surface area contributed by atoms with Gasteiger partial charge in [-0.15, -0.1) is 6.58 Å². The minimum absolute atomic E-state index is 0.0725. The smallest absolute Gasteiger partial charge is 0.475 e. The van der Waals surface area contributed by atoms with Crippen LogP contribution in [0.2, 0.25) is 0 Å². The van der Waals surface area contributed by atoms with Crippen molar-refractivity contribution in [1.29, 1.82) is 0 Å². The molecule has 0 aromatic carbocycles. The molecule has 1 amide bonds. The number of ether oxygens (including phenoxy) is 1. The van der Waals surface area contributed by atoms with E-state index >= 15 is 0 Å². The number of aromatic nitrogens is 1. The highest BCUT2D eigenvalue weighted by atomic mass is 19.4. The fourth-order valence-electron chi connectivity index (χ4n) is 3.28. The molecule has 0 unspecified atom stereocenters. The summed E-state index contributed by atoms with van der Waals surface area (Å²) < 4.78 is 69.4. The van der Waals surface area contributed by atoms with E-state index in [9.17, 15) is 31.1 Å². The predicted octanol–water partition coefficient (Wildman–Crippen LogP) is 2.73. The fraction of sp³-hybridized carbons (Fsp3) is 0.524. The second kappa shape index (κ2) is 13.2. The molecular formula is C21H25F6N3O6. The lowest BCUT2D eigenvalue weighted by molar-refractivity contribution is -0.193. The average Bonchev–Trinajstić information content (AvgIpc) is 2.79. The van der Waals surface area contributed by atoms with Crippen LogP contribution in [-0.4, -0.2) is 93.6 Å². The van der Waals surface area contributed by atoms with E-state index in [-0.39, 0.29) is 18.1 Å². The molecule has 9 nitrogen and oxygen atoms in total. The normalized spacial score (nSPS) is 17.8. The van der Waals surface area contributed by atoms with Crippen LogP contribution in [-0.2, 0) is 25.7 Å². The van der Waals surface area contributed by atoms with Crippen molar-refractivity contribution in [2.75, 3.05) is 32.8 Å². The Bertz CT molecular complexity index is 862. The topological polar surface area (TPSA) is 120 Å². The summed E-state index contributed by atoms with van der Waals surface area (Å²) in [4.78, 5) is 38.1. The summed E-state index contributed by atoms with van der Waals surface area (Å²) in [6, 6.07) is 4.09. The molecule has 2 aliphatic heterocycles. The van der Waals surface area contributed by atoms with Crippen LogP contribution in [0.5, 0.6) is 0 Å². The lowest BCUT2D eigenvalue weighted by Gasteiger charge is -2.46. The van der Waals surface area contributed by atoms with Gasteiger partial charge >= 0.3 is 24.3 Å². The van der Waals surface area contributed by atoms with Gasteiger partial charge in [0, 0.05) is 38.6 Å². The summed E-state index contributed by atoms with van der Waals surface area (Å²) >= 11 is 0. The standard InChI is InChI=1S/C17H23N3O2.2C2HF3O2/c1-2-8-20-14-17(22-13-16(20)21)5-9-19(10-6-17)12-15-4-3-7-18-11-15;2*3-2(4,5)1(6)7/h2-4,7,11H,1,5-6,8-10,12-14H2;2*(H,6,7). The Labute approximate surface area is 201 Å². The number of aliphatic carboxylic acids is 2. The Kier molecular flexibility index (Phi) is 11.3. The first kappa shape index (κ1) is 30.8. The molecular weight excluding hydrogens is 504 g/mol. The molecule has 0 saturated carbocycles. The van der Waals surface area contributed by atoms with Crippen LogP contribution in [0, 0.1) is 0 Å². The van der Waals surface area contributed by atoms with E-state index in [4.69, 9.17) is 24.5 Å². The highest BCUT2D eigenvalue weighted by Crippen LogP contribution is 2.31. The molecule has 0 radical (unpaired) electrons. The number of carbonyl (C=O) groups excluding carboxylic acids is 1. The van der Waals surface area contributed by atoms with E-state index in [0.29, 0.717) is 13.1 Å². The number of amides is 1.